The second kappa shape index (κ2) is 8.83. The molecule has 1 N–H and O–H groups in total. The molecule has 0 unspecified atom stereocenters. The summed E-state index contributed by atoms with van der Waals surface area (Å²) in [4.78, 5) is 28.8. The Morgan fingerprint density at radius 3 is 2.76 bits per heavy atom. The van der Waals surface area contributed by atoms with Crippen LogP contribution in [0.2, 0.25) is 0 Å². The Morgan fingerprint density at radius 1 is 1.44 bits per heavy atom. The molecular formula is C18H21N3O4. The first-order valence-corrected chi connectivity index (χ1v) is 8.15. The van der Waals surface area contributed by atoms with Gasteiger partial charge in [-0.25, -0.2) is 0 Å². The third-order valence-electron chi connectivity index (χ3n) is 3.99. The van der Waals surface area contributed by atoms with E-state index in [0.29, 0.717) is 18.4 Å². The highest BCUT2D eigenvalue weighted by Gasteiger charge is 2.26. The molecule has 1 aromatic rings. The van der Waals surface area contributed by atoms with E-state index in [1.54, 1.807) is 12.1 Å². The lowest BCUT2D eigenvalue weighted by Crippen LogP contribution is -2.37. The van der Waals surface area contributed by atoms with Crippen molar-refractivity contribution in [2.24, 2.45) is 5.16 Å². The zero-order valence-electron chi connectivity index (χ0n) is 14.3. The number of ether oxygens (including phenoxy) is 1. The van der Waals surface area contributed by atoms with E-state index in [9.17, 15) is 9.59 Å². The molecule has 1 heterocycles. The first-order chi connectivity index (χ1) is 12.0. The monoisotopic (exact) mass is 343 g/mol. The van der Waals surface area contributed by atoms with Crippen molar-refractivity contribution in [3.05, 3.63) is 35.4 Å². The number of rotatable bonds is 7. The first-order valence-electron chi connectivity index (χ1n) is 8.15. The molecule has 25 heavy (non-hydrogen) atoms. The molecule has 132 valence electrons. The van der Waals surface area contributed by atoms with E-state index in [1.165, 1.54) is 7.11 Å². The number of carbonyl (C=O) groups is 2. The summed E-state index contributed by atoms with van der Waals surface area (Å²) in [5.41, 5.74) is 2.21. The van der Waals surface area contributed by atoms with Gasteiger partial charge in [-0.3, -0.25) is 9.59 Å². The summed E-state index contributed by atoms with van der Waals surface area (Å²) in [5, 5.41) is 15.7. The van der Waals surface area contributed by atoms with Gasteiger partial charge in [-0.2, -0.15) is 5.26 Å². The Bertz CT molecular complexity index is 691. The molecule has 0 saturated carbocycles. The number of esters is 1. The molecule has 0 saturated heterocycles. The highest BCUT2D eigenvalue weighted by atomic mass is 16.6. The maximum absolute atomic E-state index is 12.1. The lowest BCUT2D eigenvalue weighted by Gasteiger charge is -2.16. The first kappa shape index (κ1) is 18.5. The summed E-state index contributed by atoms with van der Waals surface area (Å²) in [7, 11) is 1.32. The number of oxime groups is 1. The molecule has 0 bridgehead atoms. The number of amides is 1. The molecular weight excluding hydrogens is 322 g/mol. The van der Waals surface area contributed by atoms with Gasteiger partial charge in [-0.05, 0) is 24.1 Å². The Kier molecular flexibility index (Phi) is 6.52. The number of benzene rings is 1. The van der Waals surface area contributed by atoms with Crippen LogP contribution in [-0.4, -0.2) is 36.8 Å². The number of nitriles is 1. The maximum atomic E-state index is 12.1. The summed E-state index contributed by atoms with van der Waals surface area (Å²) in [6, 6.07) is 8.88. The molecule has 1 amide bonds. The molecule has 0 aromatic heterocycles. The van der Waals surface area contributed by atoms with E-state index in [2.05, 4.69) is 21.3 Å². The maximum Gasteiger partial charge on any atom is 0.307 e. The standard InChI is InChI=1S/C18H21N3O4/c1-3-14(8-18(23)24-2)20-17(22)10-15-9-16(21-25-15)13-6-4-12(11-19)5-7-13/h4-7,14-15H,3,8-10H2,1-2H3,(H,20,22)/t14-,15-/m1/s1. The fourth-order valence-electron chi connectivity index (χ4n) is 2.52. The van der Waals surface area contributed by atoms with Crippen LogP contribution in [0.25, 0.3) is 0 Å². The number of nitrogens with zero attached hydrogens (tertiary/aromatic N) is 2. The number of hydrogen-bond acceptors (Lipinski definition) is 6. The van der Waals surface area contributed by atoms with Crippen LogP contribution in [-0.2, 0) is 19.2 Å². The molecule has 1 aliphatic heterocycles. The van der Waals surface area contributed by atoms with Crippen LogP contribution < -0.4 is 5.32 Å². The van der Waals surface area contributed by atoms with E-state index in [4.69, 9.17) is 10.1 Å². The SMILES string of the molecule is CC[C@H](CC(=O)OC)NC(=O)C[C@H]1CC(c2ccc(C#N)cc2)=NO1. The average Bonchev–Trinajstić information content (AvgIpc) is 3.09. The Balaban J connectivity index is 1.83. The third-order valence-corrected chi connectivity index (χ3v) is 3.99. The van der Waals surface area contributed by atoms with Crippen LogP contribution in [0, 0.1) is 11.3 Å². The van der Waals surface area contributed by atoms with E-state index in [-0.39, 0.29) is 36.9 Å². The molecule has 1 aliphatic rings. The molecule has 0 fully saturated rings. The van der Waals surface area contributed by atoms with Crippen LogP contribution in [0.5, 0.6) is 0 Å². The van der Waals surface area contributed by atoms with Crippen molar-refractivity contribution in [1.82, 2.24) is 5.32 Å². The van der Waals surface area contributed by atoms with Gasteiger partial charge in [0.25, 0.3) is 0 Å². The van der Waals surface area contributed by atoms with Crippen molar-refractivity contribution in [2.75, 3.05) is 7.11 Å². The molecule has 7 nitrogen and oxygen atoms in total. The second-order valence-electron chi connectivity index (χ2n) is 5.82. The van der Waals surface area contributed by atoms with E-state index >= 15 is 0 Å². The fourth-order valence-corrected chi connectivity index (χ4v) is 2.52. The molecule has 0 spiro atoms. The molecule has 2 atom stereocenters. The van der Waals surface area contributed by atoms with Crippen molar-refractivity contribution in [3.63, 3.8) is 0 Å². The summed E-state index contributed by atoms with van der Waals surface area (Å²) in [5.74, 6) is -0.535. The number of nitrogens with one attached hydrogen (secondary N) is 1. The van der Waals surface area contributed by atoms with Crippen LogP contribution in [0.3, 0.4) is 0 Å². The summed E-state index contributed by atoms with van der Waals surface area (Å²) in [6.07, 6.45) is 1.14. The Hall–Kier alpha value is -2.88. The van der Waals surface area contributed by atoms with Gasteiger partial charge in [0, 0.05) is 12.5 Å². The zero-order valence-corrected chi connectivity index (χ0v) is 14.3. The van der Waals surface area contributed by atoms with E-state index in [1.807, 2.05) is 19.1 Å². The van der Waals surface area contributed by atoms with E-state index < -0.39 is 0 Å². The lowest BCUT2D eigenvalue weighted by atomic mass is 10.0. The van der Waals surface area contributed by atoms with Gasteiger partial charge in [0.1, 0.15) is 6.10 Å². The van der Waals surface area contributed by atoms with Crippen LogP contribution in [0.15, 0.2) is 29.4 Å². The molecule has 0 aliphatic carbocycles. The minimum Gasteiger partial charge on any atom is -0.469 e. The van der Waals surface area contributed by atoms with Crippen molar-refractivity contribution >= 4 is 17.6 Å². The van der Waals surface area contributed by atoms with Gasteiger partial charge in [0.2, 0.25) is 5.91 Å². The Morgan fingerprint density at radius 2 is 2.16 bits per heavy atom. The second-order valence-corrected chi connectivity index (χ2v) is 5.82. The topological polar surface area (TPSA) is 101 Å². The largest absolute Gasteiger partial charge is 0.469 e. The van der Waals surface area contributed by atoms with Crippen LogP contribution in [0.4, 0.5) is 0 Å². The van der Waals surface area contributed by atoms with Crippen molar-refractivity contribution in [1.29, 1.82) is 5.26 Å². The Labute approximate surface area is 146 Å². The van der Waals surface area contributed by atoms with Gasteiger partial charge in [-0.15, -0.1) is 0 Å². The molecule has 2 rings (SSSR count). The highest BCUT2D eigenvalue weighted by molar-refractivity contribution is 6.01. The summed E-state index contributed by atoms with van der Waals surface area (Å²) < 4.78 is 4.62. The molecule has 7 heteroatoms. The minimum atomic E-state index is -0.351. The number of carbonyl (C=O) groups excluding carboxylic acids is 2. The van der Waals surface area contributed by atoms with Gasteiger partial charge in [0.15, 0.2) is 0 Å². The van der Waals surface area contributed by atoms with Crippen LogP contribution >= 0.6 is 0 Å². The van der Waals surface area contributed by atoms with Gasteiger partial charge >= 0.3 is 5.97 Å². The third kappa shape index (κ3) is 5.31. The van der Waals surface area contributed by atoms with Crippen molar-refractivity contribution < 1.29 is 19.2 Å². The lowest BCUT2D eigenvalue weighted by molar-refractivity contribution is -0.141. The highest BCUT2D eigenvalue weighted by Crippen LogP contribution is 2.19. The number of hydrogen-bond donors (Lipinski definition) is 1. The molecule has 1 aromatic carbocycles. The smallest absolute Gasteiger partial charge is 0.307 e. The summed E-state index contributed by atoms with van der Waals surface area (Å²) in [6.45, 7) is 1.89. The predicted molar refractivity (Wildman–Crippen MR) is 90.7 cm³/mol. The van der Waals surface area contributed by atoms with Crippen molar-refractivity contribution in [3.8, 4) is 6.07 Å². The summed E-state index contributed by atoms with van der Waals surface area (Å²) >= 11 is 0. The molecule has 0 radical (unpaired) electrons. The average molecular weight is 343 g/mol. The van der Waals surface area contributed by atoms with Crippen molar-refractivity contribution in [2.45, 2.75) is 44.8 Å². The predicted octanol–water partition coefficient (Wildman–Crippen LogP) is 1.90. The normalized spacial score (nSPS) is 17.0. The van der Waals surface area contributed by atoms with E-state index in [0.717, 1.165) is 11.3 Å². The minimum absolute atomic E-state index is 0.150. The van der Waals surface area contributed by atoms with Gasteiger partial charge in [0.05, 0.1) is 37.3 Å². The van der Waals surface area contributed by atoms with Gasteiger partial charge in [-0.1, -0.05) is 24.2 Å². The number of methoxy groups -OCH3 is 1. The van der Waals surface area contributed by atoms with Gasteiger partial charge < -0.3 is 14.9 Å². The fraction of sp³-hybridized carbons (Fsp3) is 0.444. The quantitative estimate of drug-likeness (QED) is 0.762. The van der Waals surface area contributed by atoms with Crippen LogP contribution in [0.1, 0.15) is 43.7 Å². The zero-order chi connectivity index (χ0) is 18.2.